The van der Waals surface area contributed by atoms with Crippen LogP contribution in [-0.4, -0.2) is 22.5 Å². The summed E-state index contributed by atoms with van der Waals surface area (Å²) in [5.41, 5.74) is 1.21. The molecule has 2 heterocycles. The standard InChI is InChI=1S/C18H17ClO4S/c1-18(2)8-12-15(9-23-18)24-14(16(12)17(21)22)7-13(20)10-3-5-11(19)6-4-10/h3-6H,7-9H2,1-2H3,(H,21,22). The first kappa shape index (κ1) is 17.1. The molecule has 1 aromatic carbocycles. The van der Waals surface area contributed by atoms with Crippen LogP contribution in [0.2, 0.25) is 5.02 Å². The van der Waals surface area contributed by atoms with Crippen molar-refractivity contribution in [3.8, 4) is 0 Å². The van der Waals surface area contributed by atoms with E-state index < -0.39 is 11.6 Å². The van der Waals surface area contributed by atoms with Gasteiger partial charge in [-0.25, -0.2) is 4.79 Å². The molecule has 6 heteroatoms. The summed E-state index contributed by atoms with van der Waals surface area (Å²) in [5.74, 6) is -1.10. The van der Waals surface area contributed by atoms with E-state index in [4.69, 9.17) is 16.3 Å². The minimum absolute atomic E-state index is 0.0708. The molecule has 0 unspecified atom stereocenters. The highest BCUT2D eigenvalue weighted by atomic mass is 35.5. The minimum atomic E-state index is -0.982. The van der Waals surface area contributed by atoms with Gasteiger partial charge in [0, 0.05) is 33.2 Å². The van der Waals surface area contributed by atoms with Crippen molar-refractivity contribution in [1.82, 2.24) is 0 Å². The lowest BCUT2D eigenvalue weighted by Crippen LogP contribution is -2.31. The molecule has 0 bridgehead atoms. The summed E-state index contributed by atoms with van der Waals surface area (Å²) in [7, 11) is 0. The Hall–Kier alpha value is -1.69. The Bertz CT molecular complexity index is 805. The average molecular weight is 365 g/mol. The van der Waals surface area contributed by atoms with Crippen LogP contribution in [0.4, 0.5) is 0 Å². The van der Waals surface area contributed by atoms with Gasteiger partial charge in [0.15, 0.2) is 5.78 Å². The number of Topliss-reactive ketones (excluding diaryl/α,β-unsaturated/α-hetero) is 1. The Morgan fingerprint density at radius 3 is 2.58 bits per heavy atom. The number of carbonyl (C=O) groups excluding carboxylic acids is 1. The zero-order chi connectivity index (χ0) is 17.5. The van der Waals surface area contributed by atoms with Crippen molar-refractivity contribution >= 4 is 34.7 Å². The zero-order valence-corrected chi connectivity index (χ0v) is 15.0. The van der Waals surface area contributed by atoms with Crippen LogP contribution >= 0.6 is 22.9 Å². The van der Waals surface area contributed by atoms with Crippen molar-refractivity contribution in [1.29, 1.82) is 0 Å². The number of ketones is 1. The van der Waals surface area contributed by atoms with Crippen molar-refractivity contribution in [2.45, 2.75) is 38.9 Å². The number of carboxylic acids is 1. The lowest BCUT2D eigenvalue weighted by molar-refractivity contribution is -0.0384. The summed E-state index contributed by atoms with van der Waals surface area (Å²) in [6, 6.07) is 6.63. The van der Waals surface area contributed by atoms with Gasteiger partial charge in [-0.3, -0.25) is 4.79 Å². The molecule has 24 heavy (non-hydrogen) atoms. The number of halogens is 1. The van der Waals surface area contributed by atoms with Crippen LogP contribution in [0, 0.1) is 0 Å². The summed E-state index contributed by atoms with van der Waals surface area (Å²) >= 11 is 7.20. The van der Waals surface area contributed by atoms with Crippen LogP contribution in [0.15, 0.2) is 24.3 Å². The normalized spacial score (nSPS) is 15.8. The van der Waals surface area contributed by atoms with E-state index in [-0.39, 0.29) is 17.8 Å². The van der Waals surface area contributed by atoms with Gasteiger partial charge in [-0.15, -0.1) is 11.3 Å². The van der Waals surface area contributed by atoms with Crippen LogP contribution in [0.3, 0.4) is 0 Å². The van der Waals surface area contributed by atoms with Gasteiger partial charge in [-0.2, -0.15) is 0 Å². The fourth-order valence-electron chi connectivity index (χ4n) is 2.87. The van der Waals surface area contributed by atoms with Crippen molar-refractivity contribution in [2.75, 3.05) is 0 Å². The van der Waals surface area contributed by atoms with Crippen molar-refractivity contribution in [3.63, 3.8) is 0 Å². The van der Waals surface area contributed by atoms with E-state index in [1.165, 1.54) is 11.3 Å². The predicted molar refractivity (Wildman–Crippen MR) is 93.3 cm³/mol. The second kappa shape index (κ2) is 6.31. The number of ether oxygens (including phenoxy) is 1. The highest BCUT2D eigenvalue weighted by molar-refractivity contribution is 7.12. The molecule has 0 saturated carbocycles. The number of aromatic carboxylic acids is 1. The van der Waals surface area contributed by atoms with Gasteiger partial charge in [0.2, 0.25) is 0 Å². The topological polar surface area (TPSA) is 63.6 Å². The van der Waals surface area contributed by atoms with E-state index in [1.807, 2.05) is 13.8 Å². The van der Waals surface area contributed by atoms with E-state index in [0.717, 1.165) is 10.4 Å². The first-order valence-electron chi connectivity index (χ1n) is 7.56. The van der Waals surface area contributed by atoms with Gasteiger partial charge in [0.25, 0.3) is 0 Å². The monoisotopic (exact) mass is 364 g/mol. The second-order valence-corrected chi connectivity index (χ2v) is 8.07. The maximum Gasteiger partial charge on any atom is 0.337 e. The average Bonchev–Trinajstić information content (AvgIpc) is 2.83. The Kier molecular flexibility index (Phi) is 4.51. The maximum atomic E-state index is 12.5. The smallest absolute Gasteiger partial charge is 0.337 e. The molecule has 0 fully saturated rings. The SMILES string of the molecule is CC1(C)Cc2c(sc(CC(=O)c3ccc(Cl)cc3)c2C(=O)O)CO1. The van der Waals surface area contributed by atoms with Gasteiger partial charge in [-0.1, -0.05) is 11.6 Å². The zero-order valence-electron chi connectivity index (χ0n) is 13.4. The third kappa shape index (κ3) is 3.38. The van der Waals surface area contributed by atoms with Gasteiger partial charge in [0.05, 0.1) is 17.8 Å². The van der Waals surface area contributed by atoms with E-state index in [9.17, 15) is 14.7 Å². The van der Waals surface area contributed by atoms with Crippen molar-refractivity contribution in [3.05, 3.63) is 55.7 Å². The van der Waals surface area contributed by atoms with Crippen molar-refractivity contribution < 1.29 is 19.4 Å². The number of carbonyl (C=O) groups is 2. The molecular weight excluding hydrogens is 348 g/mol. The third-order valence-corrected chi connectivity index (χ3v) is 5.52. The first-order valence-corrected chi connectivity index (χ1v) is 8.76. The Balaban J connectivity index is 1.94. The highest BCUT2D eigenvalue weighted by Gasteiger charge is 2.33. The molecular formula is C18H17ClO4S. The third-order valence-electron chi connectivity index (χ3n) is 4.06. The molecule has 1 aromatic heterocycles. The molecule has 0 saturated heterocycles. The molecule has 3 rings (SSSR count). The van der Waals surface area contributed by atoms with E-state index >= 15 is 0 Å². The van der Waals surface area contributed by atoms with Gasteiger partial charge < -0.3 is 9.84 Å². The highest BCUT2D eigenvalue weighted by Crippen LogP contribution is 2.38. The van der Waals surface area contributed by atoms with Crippen LogP contribution in [-0.2, 0) is 24.2 Å². The number of benzene rings is 1. The molecule has 0 atom stereocenters. The molecule has 1 aliphatic heterocycles. The van der Waals surface area contributed by atoms with Gasteiger partial charge >= 0.3 is 5.97 Å². The molecule has 1 aliphatic rings. The summed E-state index contributed by atoms with van der Waals surface area (Å²) in [6.45, 7) is 4.28. The molecule has 1 N–H and O–H groups in total. The summed E-state index contributed by atoms with van der Waals surface area (Å²) < 4.78 is 5.76. The Morgan fingerprint density at radius 2 is 1.96 bits per heavy atom. The van der Waals surface area contributed by atoms with Crippen LogP contribution < -0.4 is 0 Å². The lowest BCUT2D eigenvalue weighted by Gasteiger charge is -2.30. The number of rotatable bonds is 4. The Labute approximate surface area is 149 Å². The van der Waals surface area contributed by atoms with Crippen molar-refractivity contribution in [2.24, 2.45) is 0 Å². The summed E-state index contributed by atoms with van der Waals surface area (Å²) in [6.07, 6.45) is 0.608. The minimum Gasteiger partial charge on any atom is -0.478 e. The quantitative estimate of drug-likeness (QED) is 0.818. The first-order chi connectivity index (χ1) is 11.3. The molecule has 0 spiro atoms. The number of hydrogen-bond donors (Lipinski definition) is 1. The predicted octanol–water partition coefficient (Wildman–Crippen LogP) is 4.38. The number of carboxylic acid groups (broad SMARTS) is 1. The number of thiophene rings is 1. The molecule has 0 amide bonds. The molecule has 0 aliphatic carbocycles. The van der Waals surface area contributed by atoms with Gasteiger partial charge in [0.1, 0.15) is 0 Å². The largest absolute Gasteiger partial charge is 0.478 e. The summed E-state index contributed by atoms with van der Waals surface area (Å²) in [4.78, 5) is 25.7. The second-order valence-electron chi connectivity index (χ2n) is 6.44. The van der Waals surface area contributed by atoms with E-state index in [0.29, 0.717) is 28.5 Å². The molecule has 0 radical (unpaired) electrons. The van der Waals surface area contributed by atoms with E-state index in [2.05, 4.69) is 0 Å². The molecule has 2 aromatic rings. The Morgan fingerprint density at radius 1 is 1.29 bits per heavy atom. The van der Waals surface area contributed by atoms with E-state index in [1.54, 1.807) is 24.3 Å². The lowest BCUT2D eigenvalue weighted by atomic mass is 9.92. The number of fused-ring (bicyclic) bond motifs is 1. The summed E-state index contributed by atoms with van der Waals surface area (Å²) in [5, 5.41) is 10.2. The molecule has 126 valence electrons. The van der Waals surface area contributed by atoms with Gasteiger partial charge in [-0.05, 0) is 43.7 Å². The van der Waals surface area contributed by atoms with Crippen LogP contribution in [0.5, 0.6) is 0 Å². The fraction of sp³-hybridized carbons (Fsp3) is 0.333. The van der Waals surface area contributed by atoms with Crippen LogP contribution in [0.25, 0.3) is 0 Å². The maximum absolute atomic E-state index is 12.5. The number of hydrogen-bond acceptors (Lipinski definition) is 4. The van der Waals surface area contributed by atoms with Crippen LogP contribution in [0.1, 0.15) is 49.9 Å². The fourth-order valence-corrected chi connectivity index (χ4v) is 4.22. The molecule has 4 nitrogen and oxygen atoms in total.